The maximum atomic E-state index is 12.8. The van der Waals surface area contributed by atoms with E-state index in [1.165, 1.54) is 12.4 Å². The fourth-order valence-corrected chi connectivity index (χ4v) is 2.23. The number of hydrogen-bond acceptors (Lipinski definition) is 7. The SMILES string of the molecule is N=C(N)CC(=O)OCc1cccc(-c2cnc(OC[C@H]3CC3(F)F)nc2)n1. The molecule has 1 fully saturated rings. The number of hydrogen-bond donors (Lipinski definition) is 2. The molecule has 1 aliphatic rings. The molecule has 0 aromatic carbocycles. The first-order chi connectivity index (χ1) is 12.8. The summed E-state index contributed by atoms with van der Waals surface area (Å²) < 4.78 is 35.8. The van der Waals surface area contributed by atoms with Crippen LogP contribution in [0.15, 0.2) is 30.6 Å². The van der Waals surface area contributed by atoms with Crippen LogP contribution in [0.2, 0.25) is 0 Å². The molecule has 1 aliphatic carbocycles. The minimum absolute atomic E-state index is 0.0239. The van der Waals surface area contributed by atoms with E-state index in [1.54, 1.807) is 18.2 Å². The van der Waals surface area contributed by atoms with Crippen LogP contribution >= 0.6 is 0 Å². The highest BCUT2D eigenvalue weighted by Crippen LogP contribution is 2.48. The quantitative estimate of drug-likeness (QED) is 0.409. The molecule has 142 valence electrons. The van der Waals surface area contributed by atoms with E-state index in [1.807, 2.05) is 0 Å². The van der Waals surface area contributed by atoms with Crippen LogP contribution in [0.25, 0.3) is 11.3 Å². The minimum Gasteiger partial charge on any atom is -0.463 e. The Balaban J connectivity index is 1.57. The van der Waals surface area contributed by atoms with Crippen molar-refractivity contribution in [3.63, 3.8) is 0 Å². The number of amidine groups is 1. The highest BCUT2D eigenvalue weighted by atomic mass is 19.3. The number of esters is 1. The van der Waals surface area contributed by atoms with Crippen LogP contribution in [0.3, 0.4) is 0 Å². The maximum absolute atomic E-state index is 12.8. The Morgan fingerprint density at radius 2 is 2.04 bits per heavy atom. The van der Waals surface area contributed by atoms with E-state index in [-0.39, 0.29) is 37.9 Å². The van der Waals surface area contributed by atoms with Crippen LogP contribution in [-0.4, -0.2) is 39.3 Å². The van der Waals surface area contributed by atoms with Gasteiger partial charge in [0.2, 0.25) is 0 Å². The van der Waals surface area contributed by atoms with E-state index in [0.717, 1.165) is 0 Å². The number of pyridine rings is 1. The van der Waals surface area contributed by atoms with Crippen LogP contribution in [0.1, 0.15) is 18.5 Å². The van der Waals surface area contributed by atoms with Gasteiger partial charge < -0.3 is 15.2 Å². The molecule has 3 rings (SSSR count). The fourth-order valence-electron chi connectivity index (χ4n) is 2.23. The third-order valence-electron chi connectivity index (χ3n) is 3.82. The van der Waals surface area contributed by atoms with E-state index in [0.29, 0.717) is 17.0 Å². The average molecular weight is 377 g/mol. The van der Waals surface area contributed by atoms with Gasteiger partial charge in [-0.1, -0.05) is 6.07 Å². The summed E-state index contributed by atoms with van der Waals surface area (Å²) in [6.07, 6.45) is 2.50. The number of ether oxygens (including phenoxy) is 2. The summed E-state index contributed by atoms with van der Waals surface area (Å²) in [6.45, 7) is -0.177. The predicted octanol–water partition coefficient (Wildman–Crippen LogP) is 1.94. The molecule has 2 aromatic rings. The third-order valence-corrected chi connectivity index (χ3v) is 3.82. The van der Waals surface area contributed by atoms with Crippen molar-refractivity contribution in [3.8, 4) is 17.3 Å². The number of nitrogens with zero attached hydrogens (tertiary/aromatic N) is 3. The monoisotopic (exact) mass is 377 g/mol. The number of nitrogens with two attached hydrogens (primary N) is 1. The summed E-state index contributed by atoms with van der Waals surface area (Å²) in [5, 5.41) is 7.05. The van der Waals surface area contributed by atoms with Crippen molar-refractivity contribution in [1.82, 2.24) is 15.0 Å². The molecule has 0 amide bonds. The Bertz CT molecular complexity index is 845. The van der Waals surface area contributed by atoms with E-state index >= 15 is 0 Å². The smallest absolute Gasteiger partial charge is 0.316 e. The zero-order valence-corrected chi connectivity index (χ0v) is 14.2. The van der Waals surface area contributed by atoms with E-state index in [9.17, 15) is 13.6 Å². The molecular formula is C17H17F2N5O3. The Kier molecular flexibility index (Phi) is 5.24. The first kappa shape index (κ1) is 18.6. The molecule has 8 nitrogen and oxygen atoms in total. The summed E-state index contributed by atoms with van der Waals surface area (Å²) in [5.74, 6) is -4.30. The summed E-state index contributed by atoms with van der Waals surface area (Å²) in [7, 11) is 0. The van der Waals surface area contributed by atoms with Gasteiger partial charge in [-0.05, 0) is 12.1 Å². The van der Waals surface area contributed by atoms with Gasteiger partial charge in [0.1, 0.15) is 25.5 Å². The number of aromatic nitrogens is 3. The first-order valence-corrected chi connectivity index (χ1v) is 8.11. The fraction of sp³-hybridized carbons (Fsp3) is 0.353. The molecule has 2 heterocycles. The van der Waals surface area contributed by atoms with Gasteiger partial charge in [-0.15, -0.1) is 0 Å². The van der Waals surface area contributed by atoms with Gasteiger partial charge in [0.05, 0.1) is 17.3 Å². The van der Waals surface area contributed by atoms with Crippen LogP contribution in [-0.2, 0) is 16.1 Å². The summed E-state index contributed by atoms with van der Waals surface area (Å²) in [6, 6.07) is 5.16. The van der Waals surface area contributed by atoms with E-state index in [2.05, 4.69) is 15.0 Å². The molecule has 1 saturated carbocycles. The maximum Gasteiger partial charge on any atom is 0.316 e. The van der Waals surface area contributed by atoms with Gasteiger partial charge in [0.25, 0.3) is 5.92 Å². The summed E-state index contributed by atoms with van der Waals surface area (Å²) >= 11 is 0. The van der Waals surface area contributed by atoms with Crippen molar-refractivity contribution in [1.29, 1.82) is 5.41 Å². The Morgan fingerprint density at radius 3 is 2.67 bits per heavy atom. The van der Waals surface area contributed by atoms with Crippen molar-refractivity contribution < 1.29 is 23.0 Å². The molecule has 0 radical (unpaired) electrons. The molecule has 27 heavy (non-hydrogen) atoms. The van der Waals surface area contributed by atoms with Crippen LogP contribution in [0.5, 0.6) is 6.01 Å². The van der Waals surface area contributed by atoms with Crippen LogP contribution in [0, 0.1) is 11.3 Å². The number of nitrogens with one attached hydrogen (secondary N) is 1. The molecule has 1 atom stereocenters. The van der Waals surface area contributed by atoms with Crippen LogP contribution < -0.4 is 10.5 Å². The molecule has 0 aliphatic heterocycles. The second-order valence-electron chi connectivity index (χ2n) is 6.10. The van der Waals surface area contributed by atoms with Crippen molar-refractivity contribution in [3.05, 3.63) is 36.3 Å². The minimum atomic E-state index is -2.64. The molecule has 0 bridgehead atoms. The molecule has 0 unspecified atom stereocenters. The lowest BCUT2D eigenvalue weighted by atomic mass is 10.2. The van der Waals surface area contributed by atoms with E-state index < -0.39 is 17.8 Å². The van der Waals surface area contributed by atoms with Crippen molar-refractivity contribution >= 4 is 11.8 Å². The zero-order chi connectivity index (χ0) is 19.4. The Labute approximate surface area is 153 Å². The largest absolute Gasteiger partial charge is 0.463 e. The Morgan fingerprint density at radius 1 is 1.33 bits per heavy atom. The number of rotatable bonds is 8. The lowest BCUT2D eigenvalue weighted by Gasteiger charge is -2.07. The first-order valence-electron chi connectivity index (χ1n) is 8.11. The molecule has 3 N–H and O–H groups in total. The highest BCUT2D eigenvalue weighted by Gasteiger charge is 2.57. The lowest BCUT2D eigenvalue weighted by molar-refractivity contribution is -0.143. The zero-order valence-electron chi connectivity index (χ0n) is 14.2. The Hall–Kier alpha value is -3.17. The highest BCUT2D eigenvalue weighted by molar-refractivity contribution is 5.94. The number of carbonyl (C=O) groups excluding carboxylic acids is 1. The number of halogens is 2. The number of carbonyl (C=O) groups is 1. The molecule has 2 aromatic heterocycles. The van der Waals surface area contributed by atoms with Gasteiger partial charge in [-0.2, -0.15) is 0 Å². The second-order valence-corrected chi connectivity index (χ2v) is 6.10. The van der Waals surface area contributed by atoms with Crippen LogP contribution in [0.4, 0.5) is 8.78 Å². The normalized spacial score (nSPS) is 17.2. The van der Waals surface area contributed by atoms with Crippen molar-refractivity contribution in [2.45, 2.75) is 25.4 Å². The van der Waals surface area contributed by atoms with Gasteiger partial charge in [-0.3, -0.25) is 10.2 Å². The summed E-state index contributed by atoms with van der Waals surface area (Å²) in [4.78, 5) is 23.8. The average Bonchev–Trinajstić information content (AvgIpc) is 3.25. The van der Waals surface area contributed by atoms with Gasteiger partial charge in [0.15, 0.2) is 0 Å². The lowest BCUT2D eigenvalue weighted by Crippen LogP contribution is -2.17. The number of alkyl halides is 2. The molecule has 0 saturated heterocycles. The van der Waals surface area contributed by atoms with Gasteiger partial charge in [0, 0.05) is 24.4 Å². The van der Waals surface area contributed by atoms with Crippen molar-refractivity contribution in [2.24, 2.45) is 11.7 Å². The third kappa shape index (κ3) is 5.16. The molecule has 0 spiro atoms. The standard InChI is InChI=1S/C17H17F2N5O3/c18-17(19)5-11(17)8-27-16-22-6-10(7-23-16)13-3-1-2-12(24-13)9-26-15(25)4-14(20)21/h1-3,6-7,11H,4-5,8-9H2,(H3,20,21)/t11-/m1/s1. The topological polar surface area (TPSA) is 124 Å². The summed E-state index contributed by atoms with van der Waals surface area (Å²) in [5.41, 5.74) is 6.78. The predicted molar refractivity (Wildman–Crippen MR) is 90.1 cm³/mol. The molecular weight excluding hydrogens is 360 g/mol. The van der Waals surface area contributed by atoms with Gasteiger partial charge in [-0.25, -0.2) is 23.7 Å². The molecule has 10 heteroatoms. The second kappa shape index (κ2) is 7.60. The van der Waals surface area contributed by atoms with Gasteiger partial charge >= 0.3 is 12.0 Å². The van der Waals surface area contributed by atoms with Crippen molar-refractivity contribution in [2.75, 3.05) is 6.61 Å². The van der Waals surface area contributed by atoms with E-state index in [4.69, 9.17) is 20.6 Å².